The highest BCUT2D eigenvalue weighted by Gasteiger charge is 2.14. The first-order chi connectivity index (χ1) is 8.79. The van der Waals surface area contributed by atoms with E-state index in [2.05, 4.69) is 16.9 Å². The first-order valence-corrected chi connectivity index (χ1v) is 6.25. The lowest BCUT2D eigenvalue weighted by atomic mass is 10.3. The van der Waals surface area contributed by atoms with Crippen LogP contribution in [0.25, 0.3) is 17.0 Å². The maximum atomic E-state index is 5.84. The smallest absolute Gasteiger partial charge is 0.208 e. The van der Waals surface area contributed by atoms with Gasteiger partial charge in [-0.3, -0.25) is 0 Å². The average Bonchev–Trinajstić information content (AvgIpc) is 2.92. The first kappa shape index (κ1) is 11.3. The fourth-order valence-corrected chi connectivity index (χ4v) is 2.15. The number of imidazole rings is 1. The Balaban J connectivity index is 2.27. The average molecular weight is 262 g/mol. The summed E-state index contributed by atoms with van der Waals surface area (Å²) in [6.45, 7) is 2.12. The van der Waals surface area contributed by atoms with E-state index in [4.69, 9.17) is 16.0 Å². The summed E-state index contributed by atoms with van der Waals surface area (Å²) < 4.78 is 7.39. The molecule has 0 saturated carbocycles. The number of rotatable bonds is 3. The molecule has 0 saturated heterocycles. The predicted octanol–water partition coefficient (Wildman–Crippen LogP) is 3.62. The maximum Gasteiger partial charge on any atom is 0.208 e. The minimum atomic E-state index is 0.366. The van der Waals surface area contributed by atoms with Gasteiger partial charge in [0.05, 0.1) is 0 Å². The van der Waals surface area contributed by atoms with E-state index >= 15 is 0 Å². The topological polar surface area (TPSA) is 43.9 Å². The quantitative estimate of drug-likeness (QED) is 0.723. The normalized spacial score (nSPS) is 11.2. The van der Waals surface area contributed by atoms with Gasteiger partial charge in [0.2, 0.25) is 5.88 Å². The number of aryl methyl sites for hydroxylation is 1. The summed E-state index contributed by atoms with van der Waals surface area (Å²) >= 11 is 5.84. The molecule has 3 heterocycles. The largest absolute Gasteiger partial charge is 0.428 e. The second-order valence-corrected chi connectivity index (χ2v) is 4.41. The van der Waals surface area contributed by atoms with Crippen LogP contribution in [0.4, 0.5) is 0 Å². The molecule has 0 aliphatic rings. The van der Waals surface area contributed by atoms with Crippen LogP contribution in [0.3, 0.4) is 0 Å². The molecule has 0 amide bonds. The Hall–Kier alpha value is -1.81. The molecule has 0 bridgehead atoms. The van der Waals surface area contributed by atoms with Crippen molar-refractivity contribution in [1.82, 2.24) is 14.5 Å². The van der Waals surface area contributed by atoms with Crippen LogP contribution in [0.1, 0.15) is 19.2 Å². The van der Waals surface area contributed by atoms with Gasteiger partial charge in [0.25, 0.3) is 0 Å². The zero-order valence-corrected chi connectivity index (χ0v) is 10.7. The summed E-state index contributed by atoms with van der Waals surface area (Å²) in [7, 11) is 0. The lowest BCUT2D eigenvalue weighted by Crippen LogP contribution is -2.00. The van der Waals surface area contributed by atoms with Crippen molar-refractivity contribution >= 4 is 22.8 Å². The molecule has 3 aromatic rings. The van der Waals surface area contributed by atoms with Crippen LogP contribution in [-0.4, -0.2) is 14.5 Å². The van der Waals surface area contributed by atoms with E-state index in [1.165, 1.54) is 0 Å². The molecule has 92 valence electrons. The zero-order chi connectivity index (χ0) is 12.5. The third-order valence-electron chi connectivity index (χ3n) is 2.74. The van der Waals surface area contributed by atoms with Crippen LogP contribution in [0.15, 0.2) is 34.9 Å². The van der Waals surface area contributed by atoms with E-state index in [9.17, 15) is 0 Å². The molecule has 0 radical (unpaired) electrons. The van der Waals surface area contributed by atoms with Gasteiger partial charge in [-0.2, -0.15) is 0 Å². The van der Waals surface area contributed by atoms with E-state index in [1.807, 2.05) is 22.8 Å². The van der Waals surface area contributed by atoms with Gasteiger partial charge in [-0.05, 0) is 36.2 Å². The number of pyridine rings is 1. The number of hydrogen-bond acceptors (Lipinski definition) is 3. The van der Waals surface area contributed by atoms with Crippen molar-refractivity contribution in [3.05, 3.63) is 41.5 Å². The number of hydrogen-bond donors (Lipinski definition) is 0. The van der Waals surface area contributed by atoms with Crippen molar-refractivity contribution in [2.45, 2.75) is 19.8 Å². The van der Waals surface area contributed by atoms with Crippen molar-refractivity contribution in [3.8, 4) is 5.88 Å². The summed E-state index contributed by atoms with van der Waals surface area (Å²) in [5.41, 5.74) is 1.67. The number of aromatic nitrogens is 3. The Kier molecular flexibility index (Phi) is 2.80. The van der Waals surface area contributed by atoms with Gasteiger partial charge < -0.3 is 4.42 Å². The third kappa shape index (κ3) is 1.78. The van der Waals surface area contributed by atoms with Gasteiger partial charge in [0.1, 0.15) is 11.3 Å². The molecule has 0 unspecified atom stereocenters. The van der Waals surface area contributed by atoms with E-state index < -0.39 is 0 Å². The molecule has 0 fully saturated rings. The summed E-state index contributed by atoms with van der Waals surface area (Å²) in [4.78, 5) is 8.95. The van der Waals surface area contributed by atoms with Crippen molar-refractivity contribution in [1.29, 1.82) is 0 Å². The highest BCUT2D eigenvalue weighted by Crippen LogP contribution is 2.24. The SMILES string of the molecule is CCCc1nc2cccnc2n1-c1ccc(Cl)o1. The van der Waals surface area contributed by atoms with Crippen molar-refractivity contribution in [2.24, 2.45) is 0 Å². The Morgan fingerprint density at radius 3 is 2.94 bits per heavy atom. The standard InChI is InChI=1S/C13H12ClN3O/c1-2-4-11-16-9-5-3-8-15-13(9)17(11)12-7-6-10(14)18-12/h3,5-8H,2,4H2,1H3. The van der Waals surface area contributed by atoms with Gasteiger partial charge >= 0.3 is 0 Å². The number of furan rings is 1. The monoisotopic (exact) mass is 261 g/mol. The zero-order valence-electron chi connectivity index (χ0n) is 9.93. The van der Waals surface area contributed by atoms with Gasteiger partial charge in [0, 0.05) is 18.7 Å². The summed E-state index contributed by atoms with van der Waals surface area (Å²) in [6.07, 6.45) is 3.63. The fourth-order valence-electron chi connectivity index (χ4n) is 2.01. The molecule has 0 aliphatic heterocycles. The van der Waals surface area contributed by atoms with Crippen LogP contribution in [0.5, 0.6) is 0 Å². The lowest BCUT2D eigenvalue weighted by molar-refractivity contribution is 0.536. The highest BCUT2D eigenvalue weighted by atomic mass is 35.5. The van der Waals surface area contributed by atoms with Crippen LogP contribution in [0.2, 0.25) is 5.22 Å². The molecule has 3 rings (SSSR count). The van der Waals surface area contributed by atoms with Crippen LogP contribution in [0, 0.1) is 0 Å². The third-order valence-corrected chi connectivity index (χ3v) is 2.94. The lowest BCUT2D eigenvalue weighted by Gasteiger charge is -2.03. The summed E-state index contributed by atoms with van der Waals surface area (Å²) in [5.74, 6) is 1.60. The van der Waals surface area contributed by atoms with E-state index in [-0.39, 0.29) is 0 Å². The molecule has 5 heteroatoms. The second kappa shape index (κ2) is 4.46. The molecule has 0 N–H and O–H groups in total. The van der Waals surface area contributed by atoms with Crippen molar-refractivity contribution in [3.63, 3.8) is 0 Å². The predicted molar refractivity (Wildman–Crippen MR) is 70.1 cm³/mol. The molecule has 0 atom stereocenters. The second-order valence-electron chi connectivity index (χ2n) is 4.04. The van der Waals surface area contributed by atoms with Crippen LogP contribution < -0.4 is 0 Å². The van der Waals surface area contributed by atoms with E-state index in [0.29, 0.717) is 11.1 Å². The first-order valence-electron chi connectivity index (χ1n) is 5.87. The van der Waals surface area contributed by atoms with Crippen molar-refractivity contribution < 1.29 is 4.42 Å². The molecule has 3 aromatic heterocycles. The number of fused-ring (bicyclic) bond motifs is 1. The maximum absolute atomic E-state index is 5.84. The number of nitrogens with zero attached hydrogens (tertiary/aromatic N) is 3. The molecular weight excluding hydrogens is 250 g/mol. The minimum Gasteiger partial charge on any atom is -0.428 e. The van der Waals surface area contributed by atoms with Gasteiger partial charge in [-0.15, -0.1) is 0 Å². The molecule has 0 spiro atoms. The Bertz CT molecular complexity index is 686. The fraction of sp³-hybridized carbons (Fsp3) is 0.231. The van der Waals surface area contributed by atoms with Crippen LogP contribution in [-0.2, 0) is 6.42 Å². The minimum absolute atomic E-state index is 0.366. The molecule has 0 aliphatic carbocycles. The summed E-state index contributed by atoms with van der Waals surface area (Å²) in [6, 6.07) is 7.38. The number of halogens is 1. The Morgan fingerprint density at radius 2 is 2.22 bits per heavy atom. The van der Waals surface area contributed by atoms with E-state index in [1.54, 1.807) is 12.3 Å². The van der Waals surface area contributed by atoms with Gasteiger partial charge in [-0.1, -0.05) is 6.92 Å². The molecular formula is C13H12ClN3O. The Labute approximate surface area is 109 Å². The van der Waals surface area contributed by atoms with Gasteiger partial charge in [-0.25, -0.2) is 14.5 Å². The van der Waals surface area contributed by atoms with Gasteiger partial charge in [0.15, 0.2) is 10.9 Å². The summed E-state index contributed by atoms with van der Waals surface area (Å²) in [5, 5.41) is 0.366. The molecule has 18 heavy (non-hydrogen) atoms. The molecule has 4 nitrogen and oxygen atoms in total. The van der Waals surface area contributed by atoms with E-state index in [0.717, 1.165) is 29.8 Å². The van der Waals surface area contributed by atoms with Crippen LogP contribution >= 0.6 is 11.6 Å². The molecule has 0 aromatic carbocycles. The Morgan fingerprint density at radius 1 is 1.33 bits per heavy atom. The van der Waals surface area contributed by atoms with Crippen molar-refractivity contribution in [2.75, 3.05) is 0 Å². The highest BCUT2D eigenvalue weighted by molar-refractivity contribution is 6.28.